The third-order valence-corrected chi connectivity index (χ3v) is 5.89. The van der Waals surface area contributed by atoms with Crippen LogP contribution in [0.4, 0.5) is 5.69 Å². The molecular formula is C21H23N3O4. The van der Waals surface area contributed by atoms with Gasteiger partial charge in [-0.25, -0.2) is 0 Å². The van der Waals surface area contributed by atoms with Gasteiger partial charge in [0.1, 0.15) is 5.75 Å². The van der Waals surface area contributed by atoms with Gasteiger partial charge in [0, 0.05) is 18.6 Å². The van der Waals surface area contributed by atoms with Gasteiger partial charge < -0.3 is 19.3 Å². The summed E-state index contributed by atoms with van der Waals surface area (Å²) in [5, 5.41) is 7.03. The lowest BCUT2D eigenvalue weighted by Gasteiger charge is -2.37. The number of carbonyl (C=O) groups is 1. The fourth-order valence-electron chi connectivity index (χ4n) is 4.47. The monoisotopic (exact) mass is 381 g/mol. The van der Waals surface area contributed by atoms with Crippen molar-refractivity contribution in [1.82, 2.24) is 10.1 Å². The Morgan fingerprint density at radius 2 is 2.11 bits per heavy atom. The molecule has 1 saturated heterocycles. The average Bonchev–Trinajstić information content (AvgIpc) is 3.36. The van der Waals surface area contributed by atoms with Gasteiger partial charge >= 0.3 is 0 Å². The smallest absolute Gasteiger partial charge is 0.262 e. The second-order valence-electron chi connectivity index (χ2n) is 7.84. The molecule has 1 unspecified atom stereocenters. The highest BCUT2D eigenvalue weighted by Crippen LogP contribution is 2.44. The van der Waals surface area contributed by atoms with Gasteiger partial charge in [-0.1, -0.05) is 24.1 Å². The number of aromatic nitrogens is 2. The number of nitrogens with zero attached hydrogens (tertiary/aromatic N) is 2. The Morgan fingerprint density at radius 3 is 3.00 bits per heavy atom. The first-order valence-corrected chi connectivity index (χ1v) is 9.92. The van der Waals surface area contributed by atoms with Crippen molar-refractivity contribution >= 4 is 23.7 Å². The summed E-state index contributed by atoms with van der Waals surface area (Å²) in [6.45, 7) is 0.827. The van der Waals surface area contributed by atoms with Crippen molar-refractivity contribution in [2.24, 2.45) is 0 Å². The number of hydrogen-bond donors (Lipinski definition) is 1. The molecule has 1 spiro atoms. The fourth-order valence-corrected chi connectivity index (χ4v) is 4.47. The molecule has 3 heterocycles. The number of ether oxygens (including phenoxy) is 2. The highest BCUT2D eigenvalue weighted by atomic mass is 16.5. The number of amides is 1. The number of nitrogens with one attached hydrogen (secondary N) is 1. The van der Waals surface area contributed by atoms with Crippen LogP contribution in [0.25, 0.3) is 12.2 Å². The van der Waals surface area contributed by atoms with E-state index in [9.17, 15) is 4.79 Å². The van der Waals surface area contributed by atoms with E-state index in [0.717, 1.165) is 43.7 Å². The summed E-state index contributed by atoms with van der Waals surface area (Å²) >= 11 is 0. The van der Waals surface area contributed by atoms with Gasteiger partial charge in [0.25, 0.3) is 11.8 Å². The lowest BCUT2D eigenvalue weighted by Crippen LogP contribution is -2.36. The number of fused-ring (bicyclic) bond motifs is 1. The van der Waals surface area contributed by atoms with Crippen LogP contribution in [-0.2, 0) is 9.53 Å². The van der Waals surface area contributed by atoms with Crippen LogP contribution in [0, 0.1) is 0 Å². The van der Waals surface area contributed by atoms with Gasteiger partial charge in [-0.15, -0.1) is 0 Å². The van der Waals surface area contributed by atoms with E-state index >= 15 is 0 Å². The van der Waals surface area contributed by atoms with Crippen LogP contribution in [0.3, 0.4) is 0 Å². The van der Waals surface area contributed by atoms with Crippen LogP contribution in [0.15, 0.2) is 22.7 Å². The molecule has 28 heavy (non-hydrogen) atoms. The van der Waals surface area contributed by atoms with Crippen molar-refractivity contribution < 1.29 is 18.8 Å². The zero-order valence-electron chi connectivity index (χ0n) is 15.6. The van der Waals surface area contributed by atoms with Gasteiger partial charge in [0.05, 0.1) is 11.3 Å². The maximum Gasteiger partial charge on any atom is 0.262 e. The van der Waals surface area contributed by atoms with Gasteiger partial charge in [-0.05, 0) is 49.5 Å². The number of hydrogen-bond acceptors (Lipinski definition) is 6. The molecule has 1 atom stereocenters. The van der Waals surface area contributed by atoms with Gasteiger partial charge in [-0.3, -0.25) is 4.79 Å². The van der Waals surface area contributed by atoms with E-state index in [1.807, 2.05) is 24.3 Å². The molecular weight excluding hydrogens is 358 g/mol. The number of rotatable bonds is 3. The molecule has 1 aromatic heterocycles. The quantitative estimate of drug-likeness (QED) is 0.871. The third kappa shape index (κ3) is 3.42. The lowest BCUT2D eigenvalue weighted by atomic mass is 9.84. The number of carbonyl (C=O) groups excluding carboxylic acids is 1. The van der Waals surface area contributed by atoms with E-state index in [1.54, 1.807) is 6.08 Å². The standard InChI is InChI=1S/C21H23N3O4/c25-18-13-26-17-5-3-14(11-16(17)22-18)4-6-19-23-20(24-28-19)15-7-10-27-21(12-15)8-1-2-9-21/h3-6,11,15H,1-2,7-10,12-13H2,(H,22,25)/b6-4+. The molecule has 1 aromatic carbocycles. The Labute approximate surface area is 163 Å². The minimum Gasteiger partial charge on any atom is -0.482 e. The molecule has 0 bridgehead atoms. The van der Waals surface area contributed by atoms with Crippen molar-refractivity contribution in [3.8, 4) is 5.75 Å². The largest absolute Gasteiger partial charge is 0.482 e. The van der Waals surface area contributed by atoms with E-state index in [4.69, 9.17) is 14.0 Å². The van der Waals surface area contributed by atoms with Crippen molar-refractivity contribution in [3.05, 3.63) is 35.5 Å². The van der Waals surface area contributed by atoms with Crippen LogP contribution in [0.2, 0.25) is 0 Å². The molecule has 7 heteroatoms. The maximum atomic E-state index is 11.5. The molecule has 2 aromatic rings. The normalized spacial score (nSPS) is 23.6. The Hall–Kier alpha value is -2.67. The number of benzene rings is 1. The van der Waals surface area contributed by atoms with Gasteiger partial charge in [0.2, 0.25) is 0 Å². The highest BCUT2D eigenvalue weighted by Gasteiger charge is 2.41. The zero-order chi connectivity index (χ0) is 19.0. The molecule has 146 valence electrons. The minimum absolute atomic E-state index is 0.0369. The minimum atomic E-state index is -0.147. The summed E-state index contributed by atoms with van der Waals surface area (Å²) in [7, 11) is 0. The van der Waals surface area contributed by atoms with Crippen LogP contribution >= 0.6 is 0 Å². The molecule has 0 radical (unpaired) electrons. The summed E-state index contributed by atoms with van der Waals surface area (Å²) in [4.78, 5) is 16.1. The van der Waals surface area contributed by atoms with Crippen molar-refractivity contribution in [3.63, 3.8) is 0 Å². The van der Waals surface area contributed by atoms with E-state index in [-0.39, 0.29) is 18.1 Å². The van der Waals surface area contributed by atoms with Crippen molar-refractivity contribution in [2.75, 3.05) is 18.5 Å². The highest BCUT2D eigenvalue weighted by molar-refractivity contribution is 5.95. The summed E-state index contributed by atoms with van der Waals surface area (Å²) in [5.41, 5.74) is 1.63. The van der Waals surface area contributed by atoms with Crippen LogP contribution in [-0.4, -0.2) is 34.9 Å². The fraction of sp³-hybridized carbons (Fsp3) is 0.476. The predicted octanol–water partition coefficient (Wildman–Crippen LogP) is 3.78. The van der Waals surface area contributed by atoms with Crippen LogP contribution < -0.4 is 10.1 Å². The average molecular weight is 381 g/mol. The third-order valence-electron chi connectivity index (χ3n) is 5.89. The molecule has 1 N–H and O–H groups in total. The Bertz CT molecular complexity index is 914. The first-order chi connectivity index (χ1) is 13.7. The van der Waals surface area contributed by atoms with Gasteiger partial charge in [0.15, 0.2) is 12.4 Å². The zero-order valence-corrected chi connectivity index (χ0v) is 15.6. The first kappa shape index (κ1) is 17.4. The molecule has 1 aliphatic carbocycles. The Kier molecular flexibility index (Phi) is 4.39. The predicted molar refractivity (Wildman–Crippen MR) is 103 cm³/mol. The molecule has 2 fully saturated rings. The Balaban J connectivity index is 1.29. The van der Waals surface area contributed by atoms with E-state index in [0.29, 0.717) is 23.2 Å². The van der Waals surface area contributed by atoms with E-state index < -0.39 is 0 Å². The summed E-state index contributed by atoms with van der Waals surface area (Å²) in [6, 6.07) is 5.63. The molecule has 5 rings (SSSR count). The van der Waals surface area contributed by atoms with Gasteiger partial charge in [-0.2, -0.15) is 4.98 Å². The molecule has 1 saturated carbocycles. The summed E-state index contributed by atoms with van der Waals surface area (Å²) in [5.74, 6) is 2.10. The Morgan fingerprint density at radius 1 is 1.21 bits per heavy atom. The molecule has 3 aliphatic rings. The second kappa shape index (κ2) is 7.05. The molecule has 7 nitrogen and oxygen atoms in total. The van der Waals surface area contributed by atoms with E-state index in [1.165, 1.54) is 12.8 Å². The summed E-state index contributed by atoms with van der Waals surface area (Å²) in [6.07, 6.45) is 10.4. The van der Waals surface area contributed by atoms with Crippen molar-refractivity contribution in [1.29, 1.82) is 0 Å². The topological polar surface area (TPSA) is 86.5 Å². The van der Waals surface area contributed by atoms with Crippen LogP contribution in [0.5, 0.6) is 5.75 Å². The first-order valence-electron chi connectivity index (χ1n) is 9.92. The SMILES string of the molecule is O=C1COc2ccc(/C=C/c3nc(C4CCOC5(CCCC5)C4)no3)cc2N1. The second-order valence-corrected chi connectivity index (χ2v) is 7.84. The van der Waals surface area contributed by atoms with E-state index in [2.05, 4.69) is 15.5 Å². The maximum absolute atomic E-state index is 11.5. The lowest BCUT2D eigenvalue weighted by molar-refractivity contribution is -0.118. The molecule has 1 amide bonds. The van der Waals surface area contributed by atoms with Crippen molar-refractivity contribution in [2.45, 2.75) is 50.0 Å². The van der Waals surface area contributed by atoms with Crippen LogP contribution in [0.1, 0.15) is 61.7 Å². The molecule has 2 aliphatic heterocycles. The summed E-state index contributed by atoms with van der Waals surface area (Å²) < 4.78 is 16.9. The number of anilines is 1.